The lowest BCUT2D eigenvalue weighted by atomic mass is 10.1. The summed E-state index contributed by atoms with van der Waals surface area (Å²) < 4.78 is 7.59. The van der Waals surface area contributed by atoms with Crippen molar-refractivity contribution in [2.45, 2.75) is 6.54 Å². The van der Waals surface area contributed by atoms with Crippen LogP contribution in [-0.2, 0) is 11.3 Å². The molecule has 4 N–H and O–H groups in total. The Morgan fingerprint density at radius 1 is 1.27 bits per heavy atom. The van der Waals surface area contributed by atoms with Crippen molar-refractivity contribution in [1.29, 1.82) is 0 Å². The van der Waals surface area contributed by atoms with Crippen LogP contribution in [-0.4, -0.2) is 32.0 Å². The Bertz CT molecular complexity index is 1310. The lowest BCUT2D eigenvalue weighted by Gasteiger charge is -2.05. The molecule has 33 heavy (non-hydrogen) atoms. The third-order valence-electron chi connectivity index (χ3n) is 4.45. The van der Waals surface area contributed by atoms with Crippen molar-refractivity contribution < 1.29 is 9.21 Å². The van der Waals surface area contributed by atoms with Gasteiger partial charge in [-0.1, -0.05) is 30.3 Å². The molecular formula is C22H19ClN8O2. The Hall–Kier alpha value is -4.28. The average molecular weight is 463 g/mol. The molecule has 0 saturated heterocycles. The molecule has 11 heteroatoms. The maximum Gasteiger partial charge on any atom is 0.247 e. The maximum atomic E-state index is 12.3. The lowest BCUT2D eigenvalue weighted by Crippen LogP contribution is -2.19. The summed E-state index contributed by atoms with van der Waals surface area (Å²) in [4.78, 5) is 25.2. The van der Waals surface area contributed by atoms with Crippen molar-refractivity contribution in [3.05, 3.63) is 78.4 Å². The summed E-state index contributed by atoms with van der Waals surface area (Å²) in [5, 5.41) is 7.24. The van der Waals surface area contributed by atoms with Gasteiger partial charge in [0.25, 0.3) is 0 Å². The minimum absolute atomic E-state index is 0.0612. The molecule has 1 aromatic carbocycles. The van der Waals surface area contributed by atoms with Gasteiger partial charge in [-0.2, -0.15) is 5.10 Å². The van der Waals surface area contributed by atoms with Gasteiger partial charge in [0.2, 0.25) is 11.8 Å². The molecule has 3 aromatic heterocycles. The number of rotatable bonds is 8. The number of hydrogen-bond donors (Lipinski definition) is 3. The molecule has 0 aliphatic rings. The Morgan fingerprint density at radius 3 is 2.88 bits per heavy atom. The average Bonchev–Trinajstić information content (AvgIpc) is 3.48. The largest absolute Gasteiger partial charge is 0.435 e. The number of aromatic nitrogens is 4. The van der Waals surface area contributed by atoms with Crippen molar-refractivity contribution >= 4 is 35.4 Å². The van der Waals surface area contributed by atoms with E-state index >= 15 is 0 Å². The van der Waals surface area contributed by atoms with E-state index in [-0.39, 0.29) is 18.3 Å². The molecule has 4 aromatic rings. The highest BCUT2D eigenvalue weighted by atomic mass is 35.5. The molecule has 0 aliphatic carbocycles. The number of hydrogen-bond acceptors (Lipinski definition) is 7. The molecule has 0 atom stereocenters. The SMILES string of the molecule is C=C(N=CNN)c1nc(-c2ccnc(NC(=O)Cn3cccn3)c2)oc1-c1ccccc1Cl. The van der Waals surface area contributed by atoms with Gasteiger partial charge in [0, 0.05) is 29.7 Å². The molecule has 0 saturated carbocycles. The van der Waals surface area contributed by atoms with E-state index in [1.807, 2.05) is 18.2 Å². The third-order valence-corrected chi connectivity index (χ3v) is 4.78. The Kier molecular flexibility index (Phi) is 6.58. The number of anilines is 1. The number of hydrazine groups is 1. The highest BCUT2D eigenvalue weighted by Gasteiger charge is 2.21. The van der Waals surface area contributed by atoms with Gasteiger partial charge in [-0.3, -0.25) is 9.48 Å². The zero-order valence-electron chi connectivity index (χ0n) is 17.3. The molecule has 0 spiro atoms. The normalized spacial score (nSPS) is 11.0. The molecule has 4 rings (SSSR count). The number of carbonyl (C=O) groups is 1. The molecule has 3 heterocycles. The topological polar surface area (TPSA) is 136 Å². The van der Waals surface area contributed by atoms with Crippen LogP contribution in [0.5, 0.6) is 0 Å². The van der Waals surface area contributed by atoms with E-state index in [0.29, 0.717) is 39.1 Å². The number of oxazole rings is 1. The number of pyridine rings is 1. The summed E-state index contributed by atoms with van der Waals surface area (Å²) in [7, 11) is 0. The summed E-state index contributed by atoms with van der Waals surface area (Å²) in [6.07, 6.45) is 6.13. The van der Waals surface area contributed by atoms with Gasteiger partial charge < -0.3 is 15.2 Å². The molecule has 0 fully saturated rings. The highest BCUT2D eigenvalue weighted by Crippen LogP contribution is 2.37. The van der Waals surface area contributed by atoms with Crippen LogP contribution in [0.25, 0.3) is 28.5 Å². The second-order valence-electron chi connectivity index (χ2n) is 6.73. The minimum Gasteiger partial charge on any atom is -0.435 e. The van der Waals surface area contributed by atoms with Crippen molar-refractivity contribution in [2.75, 3.05) is 5.32 Å². The van der Waals surface area contributed by atoms with Gasteiger partial charge in [0.15, 0.2) is 5.76 Å². The van der Waals surface area contributed by atoms with Crippen molar-refractivity contribution in [3.63, 3.8) is 0 Å². The monoisotopic (exact) mass is 462 g/mol. The predicted molar refractivity (Wildman–Crippen MR) is 126 cm³/mol. The van der Waals surface area contributed by atoms with E-state index < -0.39 is 0 Å². The van der Waals surface area contributed by atoms with Crippen molar-refractivity contribution in [2.24, 2.45) is 10.8 Å². The fraction of sp³-hybridized carbons (Fsp3) is 0.0455. The second kappa shape index (κ2) is 9.90. The summed E-state index contributed by atoms with van der Waals surface area (Å²) in [6, 6.07) is 12.3. The first-order chi connectivity index (χ1) is 16.0. The number of nitrogens with two attached hydrogens (primary N) is 1. The number of nitrogens with one attached hydrogen (secondary N) is 2. The third kappa shape index (κ3) is 5.14. The van der Waals surface area contributed by atoms with E-state index in [4.69, 9.17) is 21.9 Å². The van der Waals surface area contributed by atoms with Crippen LogP contribution in [0, 0.1) is 0 Å². The first-order valence-corrected chi connectivity index (χ1v) is 10.1. The minimum atomic E-state index is -0.273. The van der Waals surface area contributed by atoms with Crippen molar-refractivity contribution in [1.82, 2.24) is 25.2 Å². The first kappa shape index (κ1) is 21.9. The molecule has 0 radical (unpaired) electrons. The summed E-state index contributed by atoms with van der Waals surface area (Å²) in [5.74, 6) is 6.02. The van der Waals surface area contributed by atoms with Gasteiger partial charge in [-0.25, -0.2) is 20.8 Å². The number of aliphatic imine (C=N–C) groups is 1. The number of benzene rings is 1. The fourth-order valence-electron chi connectivity index (χ4n) is 3.00. The summed E-state index contributed by atoms with van der Waals surface area (Å²) in [5.41, 5.74) is 4.26. The van der Waals surface area contributed by atoms with Crippen LogP contribution in [0.3, 0.4) is 0 Å². The van der Waals surface area contributed by atoms with Crippen LogP contribution in [0.1, 0.15) is 5.69 Å². The van der Waals surface area contributed by atoms with E-state index in [2.05, 4.69) is 37.4 Å². The lowest BCUT2D eigenvalue weighted by molar-refractivity contribution is -0.116. The van der Waals surface area contributed by atoms with Crippen molar-refractivity contribution in [3.8, 4) is 22.8 Å². The van der Waals surface area contributed by atoms with Crippen LogP contribution in [0.4, 0.5) is 5.82 Å². The Balaban J connectivity index is 1.67. The summed E-state index contributed by atoms with van der Waals surface area (Å²) >= 11 is 6.38. The van der Waals surface area contributed by atoms with Gasteiger partial charge in [-0.15, -0.1) is 0 Å². The molecule has 10 nitrogen and oxygen atoms in total. The standard InChI is InChI=1S/C22H19ClN8O2/c1-14(26-13-27-24)20-21(16-5-2-3-6-17(16)23)33-22(30-20)15-7-9-25-18(11-15)29-19(32)12-31-10-4-8-28-31/h2-11,13H,1,12,24H2,(H,26,27)(H,25,29,32). The van der Waals surface area contributed by atoms with Crippen LogP contribution < -0.4 is 16.6 Å². The highest BCUT2D eigenvalue weighted by molar-refractivity contribution is 6.33. The van der Waals surface area contributed by atoms with Gasteiger partial charge in [-0.05, 0) is 30.3 Å². The molecule has 166 valence electrons. The zero-order chi connectivity index (χ0) is 23.2. The maximum absolute atomic E-state index is 12.3. The second-order valence-corrected chi connectivity index (χ2v) is 7.14. The number of nitrogens with zero attached hydrogens (tertiary/aromatic N) is 5. The molecule has 0 bridgehead atoms. The van der Waals surface area contributed by atoms with Gasteiger partial charge in [0.1, 0.15) is 24.4 Å². The molecule has 0 aliphatic heterocycles. The smallest absolute Gasteiger partial charge is 0.247 e. The van der Waals surface area contributed by atoms with Crippen LogP contribution in [0.15, 0.2) is 77.0 Å². The first-order valence-electron chi connectivity index (χ1n) is 9.72. The quantitative estimate of drug-likeness (QED) is 0.158. The number of carbonyl (C=O) groups excluding carboxylic acids is 1. The van der Waals surface area contributed by atoms with Crippen LogP contribution in [0.2, 0.25) is 5.02 Å². The van der Waals surface area contributed by atoms with Crippen LogP contribution >= 0.6 is 11.6 Å². The van der Waals surface area contributed by atoms with Gasteiger partial charge >= 0.3 is 0 Å². The van der Waals surface area contributed by atoms with E-state index in [9.17, 15) is 4.79 Å². The Morgan fingerprint density at radius 2 is 2.12 bits per heavy atom. The summed E-state index contributed by atoms with van der Waals surface area (Å²) in [6.45, 7) is 4.00. The van der Waals surface area contributed by atoms with E-state index in [1.54, 1.807) is 42.9 Å². The van der Waals surface area contributed by atoms with E-state index in [0.717, 1.165) is 0 Å². The zero-order valence-corrected chi connectivity index (χ0v) is 18.0. The number of halogens is 1. The number of amides is 1. The van der Waals surface area contributed by atoms with E-state index in [1.165, 1.54) is 11.0 Å². The molecular weight excluding hydrogens is 444 g/mol. The van der Waals surface area contributed by atoms with Gasteiger partial charge in [0.05, 0.1) is 10.7 Å². The molecule has 0 unspecified atom stereocenters. The predicted octanol–water partition coefficient (Wildman–Crippen LogP) is 3.35. The fourth-order valence-corrected chi connectivity index (χ4v) is 3.22. The Labute approximate surface area is 193 Å². The molecule has 1 amide bonds.